The van der Waals surface area contributed by atoms with E-state index in [1.54, 1.807) is 19.1 Å². The van der Waals surface area contributed by atoms with Gasteiger partial charge in [-0.05, 0) is 62.4 Å². The molecule has 35 heavy (non-hydrogen) atoms. The maximum atomic E-state index is 13.8. The molecule has 0 saturated heterocycles. The third kappa shape index (κ3) is 5.83. The molecule has 7 nitrogen and oxygen atoms in total. The Morgan fingerprint density at radius 2 is 1.49 bits per heavy atom. The molecular weight excluding hydrogens is 476 g/mol. The van der Waals surface area contributed by atoms with Crippen molar-refractivity contribution >= 4 is 33.2 Å². The predicted molar refractivity (Wildman–Crippen MR) is 130 cm³/mol. The van der Waals surface area contributed by atoms with Gasteiger partial charge in [0.1, 0.15) is 23.9 Å². The maximum Gasteiger partial charge on any atom is 0.264 e. The lowest BCUT2D eigenvalue weighted by molar-refractivity contribution is -0.116. The molecule has 0 heterocycles. The van der Waals surface area contributed by atoms with Crippen molar-refractivity contribution < 1.29 is 26.8 Å². The smallest absolute Gasteiger partial charge is 0.264 e. The second kappa shape index (κ2) is 10.6. The highest BCUT2D eigenvalue weighted by atomic mass is 32.2. The highest BCUT2D eigenvalue weighted by Crippen LogP contribution is 2.23. The van der Waals surface area contributed by atoms with Crippen LogP contribution in [0.25, 0.3) is 0 Å². The molecule has 3 rings (SSSR count). The number of rotatable bonds is 8. The van der Waals surface area contributed by atoms with E-state index < -0.39 is 45.7 Å². The van der Waals surface area contributed by atoms with Crippen molar-refractivity contribution in [1.29, 1.82) is 0 Å². The minimum atomic E-state index is -3.79. The third-order valence-corrected chi connectivity index (χ3v) is 7.19. The number of nitrogens with one attached hydrogen (secondary N) is 1. The Labute approximate surface area is 203 Å². The lowest BCUT2D eigenvalue weighted by atomic mass is 10.1. The topological polar surface area (TPSA) is 86.8 Å². The van der Waals surface area contributed by atoms with Crippen LogP contribution in [0.15, 0.2) is 71.6 Å². The molecule has 3 aromatic carbocycles. The summed E-state index contributed by atoms with van der Waals surface area (Å²) >= 11 is 0. The zero-order chi connectivity index (χ0) is 25.8. The van der Waals surface area contributed by atoms with Crippen LogP contribution in [0.5, 0.6) is 0 Å². The summed E-state index contributed by atoms with van der Waals surface area (Å²) in [5.74, 6) is -3.10. The number of para-hydroxylation sites is 1. The predicted octanol–water partition coefficient (Wildman–Crippen LogP) is 4.20. The van der Waals surface area contributed by atoms with Crippen LogP contribution in [-0.4, -0.2) is 45.3 Å². The van der Waals surface area contributed by atoms with Gasteiger partial charge in [-0.2, -0.15) is 0 Å². The molecule has 0 spiro atoms. The van der Waals surface area contributed by atoms with Crippen LogP contribution in [-0.2, 0) is 14.8 Å². The fourth-order valence-electron chi connectivity index (χ4n) is 3.30. The molecule has 1 N–H and O–H groups in total. The van der Waals surface area contributed by atoms with Gasteiger partial charge >= 0.3 is 0 Å². The van der Waals surface area contributed by atoms with E-state index in [0.717, 1.165) is 22.0 Å². The minimum Gasteiger partial charge on any atom is -0.330 e. The van der Waals surface area contributed by atoms with Crippen LogP contribution in [0.1, 0.15) is 22.8 Å². The zero-order valence-electron chi connectivity index (χ0n) is 19.5. The van der Waals surface area contributed by atoms with Crippen molar-refractivity contribution in [3.8, 4) is 0 Å². The second-order valence-corrected chi connectivity index (χ2v) is 9.77. The standard InChI is InChI=1S/C25H25F2N3O4S/c1-4-30(16-23(31)28-24-21(26)6-5-7-22(24)27)25(32)18-10-12-19(13-11-18)29(3)35(33,34)20-14-8-17(2)9-15-20/h5-15H,4,16H2,1-3H3,(H,28,31). The molecule has 0 aliphatic rings. The molecule has 0 unspecified atom stereocenters. The molecule has 0 aliphatic heterocycles. The van der Waals surface area contributed by atoms with E-state index in [0.29, 0.717) is 5.69 Å². The molecule has 184 valence electrons. The van der Waals surface area contributed by atoms with Gasteiger partial charge in [0.15, 0.2) is 0 Å². The van der Waals surface area contributed by atoms with Gasteiger partial charge in [0.25, 0.3) is 15.9 Å². The van der Waals surface area contributed by atoms with Gasteiger partial charge in [0.2, 0.25) is 5.91 Å². The normalized spacial score (nSPS) is 11.1. The molecule has 0 radical (unpaired) electrons. The Bertz CT molecular complexity index is 1310. The molecule has 10 heteroatoms. The average molecular weight is 502 g/mol. The number of hydrogen-bond donors (Lipinski definition) is 1. The summed E-state index contributed by atoms with van der Waals surface area (Å²) < 4.78 is 54.5. The van der Waals surface area contributed by atoms with E-state index in [2.05, 4.69) is 5.32 Å². The van der Waals surface area contributed by atoms with Gasteiger partial charge in [-0.1, -0.05) is 23.8 Å². The number of sulfonamides is 1. The van der Waals surface area contributed by atoms with Crippen LogP contribution in [0.2, 0.25) is 0 Å². The first-order valence-electron chi connectivity index (χ1n) is 10.7. The Hall–Kier alpha value is -3.79. The number of amides is 2. The van der Waals surface area contributed by atoms with Crippen LogP contribution >= 0.6 is 0 Å². The molecule has 3 aromatic rings. The van der Waals surface area contributed by atoms with Crippen LogP contribution in [0.3, 0.4) is 0 Å². The Balaban J connectivity index is 1.72. The summed E-state index contributed by atoms with van der Waals surface area (Å²) in [6.45, 7) is 3.25. The number of likely N-dealkylation sites (N-methyl/N-ethyl adjacent to an activating group) is 1. The Morgan fingerprint density at radius 3 is 2.03 bits per heavy atom. The number of aryl methyl sites for hydroxylation is 1. The van der Waals surface area contributed by atoms with E-state index in [9.17, 15) is 26.8 Å². The summed E-state index contributed by atoms with van der Waals surface area (Å²) in [4.78, 5) is 26.6. The summed E-state index contributed by atoms with van der Waals surface area (Å²) in [5, 5.41) is 2.15. The monoisotopic (exact) mass is 501 g/mol. The van der Waals surface area contributed by atoms with Gasteiger partial charge < -0.3 is 10.2 Å². The number of hydrogen-bond acceptors (Lipinski definition) is 4. The lowest BCUT2D eigenvalue weighted by Gasteiger charge is -2.22. The molecule has 0 aliphatic carbocycles. The van der Waals surface area contributed by atoms with E-state index in [1.165, 1.54) is 54.4 Å². The molecule has 0 bridgehead atoms. The first-order valence-corrected chi connectivity index (χ1v) is 12.2. The zero-order valence-corrected chi connectivity index (χ0v) is 20.3. The molecule has 0 atom stereocenters. The number of benzene rings is 3. The average Bonchev–Trinajstić information content (AvgIpc) is 2.84. The molecular formula is C25H25F2N3O4S. The van der Waals surface area contributed by atoms with Crippen molar-refractivity contribution in [2.75, 3.05) is 29.8 Å². The number of halogens is 2. The first-order chi connectivity index (χ1) is 16.5. The van der Waals surface area contributed by atoms with E-state index in [-0.39, 0.29) is 17.0 Å². The molecule has 0 aromatic heterocycles. The quantitative estimate of drug-likeness (QED) is 0.501. The van der Waals surface area contributed by atoms with Crippen molar-refractivity contribution in [2.24, 2.45) is 0 Å². The van der Waals surface area contributed by atoms with Gasteiger partial charge in [-0.15, -0.1) is 0 Å². The fraction of sp³-hybridized carbons (Fsp3) is 0.200. The van der Waals surface area contributed by atoms with Gasteiger partial charge in [-0.3, -0.25) is 13.9 Å². The van der Waals surface area contributed by atoms with Crippen LogP contribution in [0, 0.1) is 18.6 Å². The molecule has 0 fully saturated rings. The summed E-state index contributed by atoms with van der Waals surface area (Å²) in [6, 6.07) is 15.5. The number of carbonyl (C=O) groups excluding carboxylic acids is 2. The SMILES string of the molecule is CCN(CC(=O)Nc1c(F)cccc1F)C(=O)c1ccc(N(C)S(=O)(=O)c2ccc(C)cc2)cc1. The first kappa shape index (κ1) is 25.8. The van der Waals surface area contributed by atoms with Gasteiger partial charge in [0.05, 0.1) is 10.6 Å². The summed E-state index contributed by atoms with van der Waals surface area (Å²) in [7, 11) is -2.38. The van der Waals surface area contributed by atoms with Gasteiger partial charge in [-0.25, -0.2) is 17.2 Å². The highest BCUT2D eigenvalue weighted by Gasteiger charge is 2.23. The van der Waals surface area contributed by atoms with E-state index in [4.69, 9.17) is 0 Å². The van der Waals surface area contributed by atoms with Crippen LogP contribution < -0.4 is 9.62 Å². The minimum absolute atomic E-state index is 0.139. The van der Waals surface area contributed by atoms with Crippen LogP contribution in [0.4, 0.5) is 20.2 Å². The molecule has 0 saturated carbocycles. The third-order valence-electron chi connectivity index (χ3n) is 5.39. The fourth-order valence-corrected chi connectivity index (χ4v) is 4.50. The number of nitrogens with zero attached hydrogens (tertiary/aromatic N) is 2. The maximum absolute atomic E-state index is 13.8. The second-order valence-electron chi connectivity index (χ2n) is 7.80. The van der Waals surface area contributed by atoms with Crippen molar-refractivity contribution in [2.45, 2.75) is 18.7 Å². The van der Waals surface area contributed by atoms with Crippen molar-refractivity contribution in [3.63, 3.8) is 0 Å². The number of anilines is 2. The summed E-state index contributed by atoms with van der Waals surface area (Å²) in [6.07, 6.45) is 0. The van der Waals surface area contributed by atoms with Gasteiger partial charge in [0, 0.05) is 19.2 Å². The summed E-state index contributed by atoms with van der Waals surface area (Å²) in [5.41, 5.74) is 0.922. The highest BCUT2D eigenvalue weighted by molar-refractivity contribution is 7.92. The van der Waals surface area contributed by atoms with Crippen molar-refractivity contribution in [3.05, 3.63) is 89.5 Å². The number of carbonyl (C=O) groups is 2. The van der Waals surface area contributed by atoms with E-state index >= 15 is 0 Å². The molecule has 2 amide bonds. The Kier molecular flexibility index (Phi) is 7.85. The Morgan fingerprint density at radius 1 is 0.914 bits per heavy atom. The lowest BCUT2D eigenvalue weighted by Crippen LogP contribution is -2.38. The van der Waals surface area contributed by atoms with Crippen molar-refractivity contribution in [1.82, 2.24) is 4.90 Å². The van der Waals surface area contributed by atoms with E-state index in [1.807, 2.05) is 6.92 Å². The largest absolute Gasteiger partial charge is 0.330 e.